The van der Waals surface area contributed by atoms with Gasteiger partial charge in [0.05, 0.1) is 5.02 Å². The SMILES string of the molecule is CC(=O)Nc1cccc(Nc2ncnc(N3CCC(Oc4ccc(F)c(Cl)c4)CC3)n2)c1. The van der Waals surface area contributed by atoms with Crippen molar-refractivity contribution in [2.75, 3.05) is 28.6 Å². The quantitative estimate of drug-likeness (QED) is 0.567. The van der Waals surface area contributed by atoms with E-state index in [2.05, 4.69) is 30.5 Å². The minimum absolute atomic E-state index is 0.00345. The fourth-order valence-electron chi connectivity index (χ4n) is 3.42. The van der Waals surface area contributed by atoms with Crippen LogP contribution in [0, 0.1) is 5.82 Å². The van der Waals surface area contributed by atoms with Crippen molar-refractivity contribution in [3.63, 3.8) is 0 Å². The summed E-state index contributed by atoms with van der Waals surface area (Å²) >= 11 is 5.83. The van der Waals surface area contributed by atoms with Crippen LogP contribution in [0.25, 0.3) is 0 Å². The molecule has 1 fully saturated rings. The second-order valence-electron chi connectivity index (χ2n) is 7.38. The van der Waals surface area contributed by atoms with Gasteiger partial charge >= 0.3 is 0 Å². The van der Waals surface area contributed by atoms with Crippen LogP contribution < -0.4 is 20.3 Å². The Morgan fingerprint density at radius 2 is 1.94 bits per heavy atom. The summed E-state index contributed by atoms with van der Waals surface area (Å²) in [5.74, 6) is 0.940. The van der Waals surface area contributed by atoms with Gasteiger partial charge < -0.3 is 20.3 Å². The summed E-state index contributed by atoms with van der Waals surface area (Å²) in [6, 6.07) is 11.7. The molecule has 10 heteroatoms. The third-order valence-corrected chi connectivity index (χ3v) is 5.21. The Labute approximate surface area is 189 Å². The summed E-state index contributed by atoms with van der Waals surface area (Å²) in [7, 11) is 0. The zero-order valence-corrected chi connectivity index (χ0v) is 18.1. The van der Waals surface area contributed by atoms with Gasteiger partial charge in [-0.1, -0.05) is 17.7 Å². The molecule has 2 heterocycles. The number of rotatable bonds is 6. The van der Waals surface area contributed by atoms with Crippen molar-refractivity contribution in [2.45, 2.75) is 25.9 Å². The maximum atomic E-state index is 13.3. The van der Waals surface area contributed by atoms with Crippen molar-refractivity contribution in [1.82, 2.24) is 15.0 Å². The molecule has 0 bridgehead atoms. The van der Waals surface area contributed by atoms with E-state index in [0.717, 1.165) is 18.5 Å². The summed E-state index contributed by atoms with van der Waals surface area (Å²) in [6.45, 7) is 2.88. The van der Waals surface area contributed by atoms with Crippen LogP contribution in [0.3, 0.4) is 0 Å². The first kappa shape index (κ1) is 21.8. The molecule has 166 valence electrons. The highest BCUT2D eigenvalue weighted by Crippen LogP contribution is 2.26. The molecular formula is C22H22ClFN6O2. The van der Waals surface area contributed by atoms with E-state index < -0.39 is 5.82 Å². The monoisotopic (exact) mass is 456 g/mol. The molecule has 1 aliphatic heterocycles. The van der Waals surface area contributed by atoms with E-state index in [-0.39, 0.29) is 17.0 Å². The van der Waals surface area contributed by atoms with Crippen molar-refractivity contribution in [2.24, 2.45) is 0 Å². The van der Waals surface area contributed by atoms with Gasteiger partial charge in [-0.2, -0.15) is 4.98 Å². The molecule has 1 aliphatic rings. The Balaban J connectivity index is 1.36. The standard InChI is InChI=1S/C22H22ClFN6O2/c1-14(31)27-15-3-2-4-16(11-15)28-21-25-13-26-22(29-21)30-9-7-17(8-10-30)32-18-5-6-20(24)19(23)12-18/h2-6,11-13,17H,7-10H2,1H3,(H,27,31)(H,25,26,28,29). The van der Waals surface area contributed by atoms with Crippen molar-refractivity contribution < 1.29 is 13.9 Å². The third-order valence-electron chi connectivity index (χ3n) is 4.92. The largest absolute Gasteiger partial charge is 0.490 e. The molecule has 1 amide bonds. The van der Waals surface area contributed by atoms with Gasteiger partial charge in [-0.15, -0.1) is 0 Å². The smallest absolute Gasteiger partial charge is 0.231 e. The Morgan fingerprint density at radius 3 is 2.69 bits per heavy atom. The van der Waals surface area contributed by atoms with E-state index in [9.17, 15) is 9.18 Å². The van der Waals surface area contributed by atoms with Crippen LogP contribution in [-0.4, -0.2) is 40.1 Å². The number of nitrogens with one attached hydrogen (secondary N) is 2. The summed E-state index contributed by atoms with van der Waals surface area (Å²) in [5, 5.41) is 5.93. The van der Waals surface area contributed by atoms with Gasteiger partial charge in [-0.3, -0.25) is 4.79 Å². The Morgan fingerprint density at radius 1 is 1.16 bits per heavy atom. The molecular weight excluding hydrogens is 435 g/mol. The zero-order valence-electron chi connectivity index (χ0n) is 17.4. The first-order valence-electron chi connectivity index (χ1n) is 10.2. The lowest BCUT2D eigenvalue weighted by molar-refractivity contribution is -0.114. The number of nitrogens with zero attached hydrogens (tertiary/aromatic N) is 4. The molecule has 8 nitrogen and oxygen atoms in total. The van der Waals surface area contributed by atoms with E-state index in [1.54, 1.807) is 18.2 Å². The van der Waals surface area contributed by atoms with Crippen LogP contribution in [0.2, 0.25) is 5.02 Å². The maximum absolute atomic E-state index is 13.3. The van der Waals surface area contributed by atoms with Crippen LogP contribution in [0.5, 0.6) is 5.75 Å². The van der Waals surface area contributed by atoms with Gasteiger partial charge in [-0.05, 0) is 30.3 Å². The molecule has 0 radical (unpaired) electrons. The first-order valence-corrected chi connectivity index (χ1v) is 10.5. The number of piperidine rings is 1. The summed E-state index contributed by atoms with van der Waals surface area (Å²) in [4.78, 5) is 26.3. The molecule has 4 rings (SSSR count). The summed E-state index contributed by atoms with van der Waals surface area (Å²) in [6.07, 6.45) is 3.00. The minimum Gasteiger partial charge on any atom is -0.490 e. The lowest BCUT2D eigenvalue weighted by Gasteiger charge is -2.32. The van der Waals surface area contributed by atoms with E-state index in [0.29, 0.717) is 36.4 Å². The fraction of sp³-hybridized carbons (Fsp3) is 0.273. The lowest BCUT2D eigenvalue weighted by Crippen LogP contribution is -2.39. The van der Waals surface area contributed by atoms with Gasteiger partial charge in [-0.25, -0.2) is 14.4 Å². The van der Waals surface area contributed by atoms with Crippen LogP contribution in [-0.2, 0) is 4.79 Å². The predicted octanol–water partition coefficient (Wildman–Crippen LogP) is 4.41. The Kier molecular flexibility index (Phi) is 6.65. The normalized spacial score (nSPS) is 14.2. The summed E-state index contributed by atoms with van der Waals surface area (Å²) < 4.78 is 19.3. The average Bonchev–Trinajstić information content (AvgIpc) is 2.77. The lowest BCUT2D eigenvalue weighted by atomic mass is 10.1. The molecule has 0 spiro atoms. The molecule has 0 unspecified atom stereocenters. The van der Waals surface area contributed by atoms with E-state index in [1.807, 2.05) is 12.1 Å². The minimum atomic E-state index is -0.463. The van der Waals surface area contributed by atoms with Gasteiger partial charge in [0.2, 0.25) is 17.8 Å². The average molecular weight is 457 g/mol. The van der Waals surface area contributed by atoms with Gasteiger partial charge in [0.1, 0.15) is 24.0 Å². The number of carbonyl (C=O) groups excluding carboxylic acids is 1. The second kappa shape index (κ2) is 9.78. The Hall–Kier alpha value is -3.46. The number of halogens is 2. The zero-order chi connectivity index (χ0) is 22.5. The molecule has 0 aliphatic carbocycles. The van der Waals surface area contributed by atoms with Crippen molar-refractivity contribution in [1.29, 1.82) is 0 Å². The van der Waals surface area contributed by atoms with Crippen LogP contribution in [0.4, 0.5) is 27.7 Å². The predicted molar refractivity (Wildman–Crippen MR) is 121 cm³/mol. The third kappa shape index (κ3) is 5.61. The molecule has 0 saturated carbocycles. The number of hydrogen-bond donors (Lipinski definition) is 2. The van der Waals surface area contributed by atoms with Crippen molar-refractivity contribution in [3.05, 3.63) is 59.6 Å². The van der Waals surface area contributed by atoms with Crippen LogP contribution in [0.15, 0.2) is 48.8 Å². The molecule has 1 aromatic heterocycles. The molecule has 0 atom stereocenters. The van der Waals surface area contributed by atoms with Gasteiger partial charge in [0.25, 0.3) is 0 Å². The number of ether oxygens (including phenoxy) is 1. The van der Waals surface area contributed by atoms with Gasteiger partial charge in [0, 0.05) is 50.3 Å². The van der Waals surface area contributed by atoms with E-state index >= 15 is 0 Å². The molecule has 32 heavy (non-hydrogen) atoms. The van der Waals surface area contributed by atoms with Crippen molar-refractivity contribution in [3.8, 4) is 5.75 Å². The van der Waals surface area contributed by atoms with Crippen LogP contribution in [0.1, 0.15) is 19.8 Å². The molecule has 2 N–H and O–H groups in total. The number of hydrogen-bond acceptors (Lipinski definition) is 7. The molecule has 1 saturated heterocycles. The second-order valence-corrected chi connectivity index (χ2v) is 7.78. The fourth-order valence-corrected chi connectivity index (χ4v) is 3.59. The molecule has 2 aromatic carbocycles. The first-order chi connectivity index (χ1) is 15.5. The topological polar surface area (TPSA) is 92.3 Å². The van der Waals surface area contributed by atoms with E-state index in [1.165, 1.54) is 25.4 Å². The van der Waals surface area contributed by atoms with E-state index in [4.69, 9.17) is 16.3 Å². The maximum Gasteiger partial charge on any atom is 0.231 e. The number of anilines is 4. The van der Waals surface area contributed by atoms with Gasteiger partial charge in [0.15, 0.2) is 0 Å². The summed E-state index contributed by atoms with van der Waals surface area (Å²) in [5.41, 5.74) is 1.43. The number of carbonyl (C=O) groups is 1. The number of benzene rings is 2. The highest BCUT2D eigenvalue weighted by molar-refractivity contribution is 6.30. The highest BCUT2D eigenvalue weighted by atomic mass is 35.5. The highest BCUT2D eigenvalue weighted by Gasteiger charge is 2.23. The number of amides is 1. The Bertz CT molecular complexity index is 1110. The number of aromatic nitrogens is 3. The van der Waals surface area contributed by atoms with Crippen LogP contribution >= 0.6 is 11.6 Å². The molecule has 3 aromatic rings. The van der Waals surface area contributed by atoms with Crippen molar-refractivity contribution >= 4 is 40.8 Å².